The Balaban J connectivity index is 2.50. The summed E-state index contributed by atoms with van der Waals surface area (Å²) in [6, 6.07) is 5.50. The predicted octanol–water partition coefficient (Wildman–Crippen LogP) is 1.93. The van der Waals surface area contributed by atoms with Gasteiger partial charge in [0, 0.05) is 12.2 Å². The number of hydrogen-bond donors (Lipinski definition) is 2. The zero-order valence-electron chi connectivity index (χ0n) is 9.16. The van der Waals surface area contributed by atoms with Crippen molar-refractivity contribution in [2.75, 3.05) is 11.9 Å². The lowest BCUT2D eigenvalue weighted by atomic mass is 10.2. The normalized spacial score (nSPS) is 11.6. The van der Waals surface area contributed by atoms with Crippen LogP contribution in [0.1, 0.15) is 6.92 Å². The average molecular weight is 222 g/mol. The molecule has 1 aromatic rings. The zero-order valence-corrected chi connectivity index (χ0v) is 9.16. The second-order valence-corrected chi connectivity index (χ2v) is 3.41. The molecule has 0 aliphatic carbocycles. The van der Waals surface area contributed by atoms with Crippen molar-refractivity contribution in [1.29, 1.82) is 0 Å². The Kier molecular flexibility index (Phi) is 4.51. The summed E-state index contributed by atoms with van der Waals surface area (Å²) >= 11 is 0. The first-order valence-electron chi connectivity index (χ1n) is 5.04. The Labute approximate surface area is 94.4 Å². The summed E-state index contributed by atoms with van der Waals surface area (Å²) in [7, 11) is 0. The summed E-state index contributed by atoms with van der Waals surface area (Å²) in [6.07, 6.45) is 1.61. The molecule has 1 aromatic carbocycles. The predicted molar refractivity (Wildman–Crippen MR) is 62.7 cm³/mol. The van der Waals surface area contributed by atoms with Gasteiger partial charge in [0.1, 0.15) is 11.9 Å². The molecule has 0 fully saturated rings. The summed E-state index contributed by atoms with van der Waals surface area (Å²) in [4.78, 5) is 11.5. The fourth-order valence-corrected chi connectivity index (χ4v) is 1.19. The van der Waals surface area contributed by atoms with E-state index in [-0.39, 0.29) is 17.8 Å². The molecule has 0 aromatic heterocycles. The Bertz CT molecular complexity index is 362. The third-order valence-corrected chi connectivity index (χ3v) is 2.04. The Hall–Kier alpha value is -1.84. The maximum atomic E-state index is 12.6. The number of carbonyl (C=O) groups is 1. The highest BCUT2D eigenvalue weighted by molar-refractivity contribution is 5.84. The first kappa shape index (κ1) is 12.2. The van der Waals surface area contributed by atoms with Crippen molar-refractivity contribution in [3.05, 3.63) is 42.7 Å². The van der Waals surface area contributed by atoms with Crippen LogP contribution in [0.25, 0.3) is 0 Å². The van der Waals surface area contributed by atoms with Crippen LogP contribution in [-0.4, -0.2) is 18.5 Å². The second-order valence-electron chi connectivity index (χ2n) is 3.41. The highest BCUT2D eigenvalue weighted by atomic mass is 19.1. The molecule has 0 aliphatic rings. The van der Waals surface area contributed by atoms with Gasteiger partial charge in [0.2, 0.25) is 5.91 Å². The summed E-state index contributed by atoms with van der Waals surface area (Å²) in [5, 5.41) is 5.63. The molecule has 2 N–H and O–H groups in total. The summed E-state index contributed by atoms with van der Waals surface area (Å²) in [5.74, 6) is -0.418. The van der Waals surface area contributed by atoms with Gasteiger partial charge in [0.25, 0.3) is 0 Å². The molecule has 86 valence electrons. The van der Waals surface area contributed by atoms with E-state index < -0.39 is 0 Å². The van der Waals surface area contributed by atoms with Crippen molar-refractivity contribution in [2.45, 2.75) is 13.0 Å². The summed E-state index contributed by atoms with van der Waals surface area (Å²) < 4.78 is 12.6. The van der Waals surface area contributed by atoms with Gasteiger partial charge in [0.15, 0.2) is 0 Å². The van der Waals surface area contributed by atoms with E-state index in [1.54, 1.807) is 25.1 Å². The molecule has 0 saturated carbocycles. The number of carbonyl (C=O) groups excluding carboxylic acids is 1. The molecular weight excluding hydrogens is 207 g/mol. The molecule has 0 radical (unpaired) electrons. The summed E-state index contributed by atoms with van der Waals surface area (Å²) in [5.41, 5.74) is 0.711. The number of nitrogens with one attached hydrogen (secondary N) is 2. The smallest absolute Gasteiger partial charge is 0.242 e. The third-order valence-electron chi connectivity index (χ3n) is 2.04. The van der Waals surface area contributed by atoms with Crippen LogP contribution >= 0.6 is 0 Å². The van der Waals surface area contributed by atoms with E-state index in [9.17, 15) is 9.18 Å². The standard InChI is InChI=1S/C12H15FN2O/c1-3-8-14-12(16)9(2)15-11-6-4-10(13)5-7-11/h3-7,9,15H,1,8H2,2H3,(H,14,16)/t9-/m0/s1. The van der Waals surface area contributed by atoms with Crippen LogP contribution in [0.2, 0.25) is 0 Å². The summed E-state index contributed by atoms with van der Waals surface area (Å²) in [6.45, 7) is 5.69. The van der Waals surface area contributed by atoms with Gasteiger partial charge < -0.3 is 10.6 Å². The number of hydrogen-bond acceptors (Lipinski definition) is 2. The van der Waals surface area contributed by atoms with Gasteiger partial charge in [-0.15, -0.1) is 6.58 Å². The van der Waals surface area contributed by atoms with Crippen molar-refractivity contribution < 1.29 is 9.18 Å². The van der Waals surface area contributed by atoms with Crippen LogP contribution in [0.5, 0.6) is 0 Å². The molecule has 4 heteroatoms. The number of anilines is 1. The highest BCUT2D eigenvalue weighted by Crippen LogP contribution is 2.09. The van der Waals surface area contributed by atoms with Gasteiger partial charge in [0.05, 0.1) is 0 Å². The number of amides is 1. The fourth-order valence-electron chi connectivity index (χ4n) is 1.19. The van der Waals surface area contributed by atoms with Crippen LogP contribution in [0.15, 0.2) is 36.9 Å². The molecule has 0 heterocycles. The highest BCUT2D eigenvalue weighted by Gasteiger charge is 2.10. The SMILES string of the molecule is C=CCNC(=O)[C@H](C)Nc1ccc(F)cc1. The monoisotopic (exact) mass is 222 g/mol. The molecule has 1 atom stereocenters. The minimum atomic E-state index is -0.370. The van der Waals surface area contributed by atoms with E-state index in [4.69, 9.17) is 0 Å². The maximum Gasteiger partial charge on any atom is 0.242 e. The lowest BCUT2D eigenvalue weighted by Crippen LogP contribution is -2.37. The molecule has 16 heavy (non-hydrogen) atoms. The minimum Gasteiger partial charge on any atom is -0.374 e. The van der Waals surface area contributed by atoms with E-state index in [0.717, 1.165) is 0 Å². The molecule has 0 spiro atoms. The van der Waals surface area contributed by atoms with Crippen LogP contribution in [-0.2, 0) is 4.79 Å². The average Bonchev–Trinajstić information content (AvgIpc) is 2.29. The van der Waals surface area contributed by atoms with E-state index in [1.807, 2.05) is 0 Å². The maximum absolute atomic E-state index is 12.6. The lowest BCUT2D eigenvalue weighted by Gasteiger charge is -2.14. The Morgan fingerprint density at radius 2 is 2.12 bits per heavy atom. The third kappa shape index (κ3) is 3.73. The van der Waals surface area contributed by atoms with Gasteiger partial charge in [-0.1, -0.05) is 6.08 Å². The van der Waals surface area contributed by atoms with Crippen LogP contribution in [0.4, 0.5) is 10.1 Å². The molecule has 0 saturated heterocycles. The van der Waals surface area contributed by atoms with Crippen LogP contribution < -0.4 is 10.6 Å². The molecular formula is C12H15FN2O. The van der Waals surface area contributed by atoms with E-state index in [1.165, 1.54) is 12.1 Å². The van der Waals surface area contributed by atoms with Crippen molar-refractivity contribution in [2.24, 2.45) is 0 Å². The van der Waals surface area contributed by atoms with Gasteiger partial charge in [-0.3, -0.25) is 4.79 Å². The van der Waals surface area contributed by atoms with Crippen LogP contribution in [0.3, 0.4) is 0 Å². The second kappa shape index (κ2) is 5.90. The lowest BCUT2D eigenvalue weighted by molar-refractivity contribution is -0.121. The Morgan fingerprint density at radius 3 is 2.69 bits per heavy atom. The van der Waals surface area contributed by atoms with Gasteiger partial charge in [-0.05, 0) is 31.2 Å². The number of halogens is 1. The van der Waals surface area contributed by atoms with Crippen molar-refractivity contribution in [1.82, 2.24) is 5.32 Å². The van der Waals surface area contributed by atoms with E-state index in [2.05, 4.69) is 17.2 Å². The molecule has 3 nitrogen and oxygen atoms in total. The van der Waals surface area contributed by atoms with Gasteiger partial charge in [-0.25, -0.2) is 4.39 Å². The van der Waals surface area contributed by atoms with E-state index >= 15 is 0 Å². The first-order chi connectivity index (χ1) is 7.63. The van der Waals surface area contributed by atoms with Crippen LogP contribution in [0, 0.1) is 5.82 Å². The largest absolute Gasteiger partial charge is 0.374 e. The molecule has 1 rings (SSSR count). The Morgan fingerprint density at radius 1 is 1.50 bits per heavy atom. The first-order valence-corrected chi connectivity index (χ1v) is 5.04. The topological polar surface area (TPSA) is 41.1 Å². The van der Waals surface area contributed by atoms with Crippen molar-refractivity contribution in [3.8, 4) is 0 Å². The quantitative estimate of drug-likeness (QED) is 0.747. The molecule has 1 amide bonds. The van der Waals surface area contributed by atoms with Crippen molar-refractivity contribution in [3.63, 3.8) is 0 Å². The van der Waals surface area contributed by atoms with Gasteiger partial charge >= 0.3 is 0 Å². The molecule has 0 bridgehead atoms. The van der Waals surface area contributed by atoms with Gasteiger partial charge in [-0.2, -0.15) is 0 Å². The zero-order chi connectivity index (χ0) is 12.0. The van der Waals surface area contributed by atoms with Crippen molar-refractivity contribution >= 4 is 11.6 Å². The number of rotatable bonds is 5. The number of benzene rings is 1. The van der Waals surface area contributed by atoms with E-state index in [0.29, 0.717) is 12.2 Å². The minimum absolute atomic E-state index is 0.121. The molecule has 0 unspecified atom stereocenters. The fraction of sp³-hybridized carbons (Fsp3) is 0.250. The molecule has 0 aliphatic heterocycles.